The Balaban J connectivity index is 1.94. The number of rotatable bonds is 0. The molecule has 2 aliphatic heterocycles. The molecular formula is C17H17NO. The number of fused-ring (bicyclic) bond motifs is 5. The maximum Gasteiger partial charge on any atom is 0.131 e. The quantitative estimate of drug-likeness (QED) is 0.773. The molecule has 2 heteroatoms. The molecular weight excluding hydrogens is 234 g/mol. The number of hydrogen-bond acceptors (Lipinski definition) is 2. The van der Waals surface area contributed by atoms with Crippen LogP contribution in [0.25, 0.3) is 0 Å². The first-order valence-electron chi connectivity index (χ1n) is 6.91. The van der Waals surface area contributed by atoms with Crippen LogP contribution in [0.2, 0.25) is 0 Å². The van der Waals surface area contributed by atoms with Crippen LogP contribution in [0.4, 0.5) is 0 Å². The van der Waals surface area contributed by atoms with Gasteiger partial charge in [0.15, 0.2) is 0 Å². The Morgan fingerprint density at radius 2 is 1.68 bits per heavy atom. The summed E-state index contributed by atoms with van der Waals surface area (Å²) >= 11 is 0. The summed E-state index contributed by atoms with van der Waals surface area (Å²) in [5.74, 6) is 3.09. The summed E-state index contributed by atoms with van der Waals surface area (Å²) in [7, 11) is 0. The van der Waals surface area contributed by atoms with E-state index < -0.39 is 0 Å². The third-order valence-electron chi connectivity index (χ3n) is 4.32. The molecule has 1 N–H and O–H groups in total. The summed E-state index contributed by atoms with van der Waals surface area (Å²) in [5.41, 5.74) is 4.00. The first kappa shape index (κ1) is 11.1. The molecule has 0 amide bonds. The van der Waals surface area contributed by atoms with Crippen LogP contribution in [-0.4, -0.2) is 13.1 Å². The number of ether oxygens (including phenoxy) is 1. The average molecular weight is 251 g/mol. The summed E-state index contributed by atoms with van der Waals surface area (Å²) in [5, 5.41) is 3.54. The van der Waals surface area contributed by atoms with E-state index >= 15 is 0 Å². The number of benzene rings is 2. The molecule has 2 nitrogen and oxygen atoms in total. The zero-order chi connectivity index (χ0) is 12.8. The van der Waals surface area contributed by atoms with Gasteiger partial charge < -0.3 is 10.1 Å². The first-order chi connectivity index (χ1) is 9.33. The fourth-order valence-corrected chi connectivity index (χ4v) is 3.38. The average Bonchev–Trinajstić information content (AvgIpc) is 2.86. The number of hydrogen-bond donors (Lipinski definition) is 1. The van der Waals surface area contributed by atoms with Crippen molar-refractivity contribution in [2.24, 2.45) is 0 Å². The Morgan fingerprint density at radius 3 is 2.58 bits per heavy atom. The molecule has 0 unspecified atom stereocenters. The second-order valence-corrected chi connectivity index (χ2v) is 5.55. The molecule has 0 radical (unpaired) electrons. The van der Waals surface area contributed by atoms with Crippen molar-refractivity contribution in [1.29, 1.82) is 0 Å². The van der Waals surface area contributed by atoms with E-state index in [4.69, 9.17) is 4.74 Å². The summed E-state index contributed by atoms with van der Waals surface area (Å²) in [4.78, 5) is 0. The van der Waals surface area contributed by atoms with Crippen molar-refractivity contribution >= 4 is 0 Å². The maximum absolute atomic E-state index is 6.17. The summed E-state index contributed by atoms with van der Waals surface area (Å²) < 4.78 is 6.17. The van der Waals surface area contributed by atoms with Gasteiger partial charge in [-0.2, -0.15) is 0 Å². The smallest absolute Gasteiger partial charge is 0.131 e. The SMILES string of the molecule is Cc1ccc2c(c1)[C@@H]1CNC[C@H]1c1ccccc1O2. The van der Waals surface area contributed by atoms with Gasteiger partial charge in [0.1, 0.15) is 11.5 Å². The Labute approximate surface area is 113 Å². The molecule has 96 valence electrons. The monoisotopic (exact) mass is 251 g/mol. The van der Waals surface area contributed by atoms with Gasteiger partial charge in [0.25, 0.3) is 0 Å². The molecule has 2 heterocycles. The van der Waals surface area contributed by atoms with Crippen LogP contribution in [0.3, 0.4) is 0 Å². The second-order valence-electron chi connectivity index (χ2n) is 5.55. The zero-order valence-electron chi connectivity index (χ0n) is 11.0. The predicted molar refractivity (Wildman–Crippen MR) is 76.0 cm³/mol. The molecule has 2 aromatic carbocycles. The van der Waals surface area contributed by atoms with Crippen LogP contribution in [0, 0.1) is 6.92 Å². The van der Waals surface area contributed by atoms with Gasteiger partial charge in [-0.05, 0) is 24.6 Å². The predicted octanol–water partition coefficient (Wildman–Crippen LogP) is 3.57. The Morgan fingerprint density at radius 1 is 0.947 bits per heavy atom. The van der Waals surface area contributed by atoms with Crippen LogP contribution in [0.1, 0.15) is 28.5 Å². The van der Waals surface area contributed by atoms with Crippen molar-refractivity contribution in [3.8, 4) is 11.5 Å². The number of para-hydroxylation sites is 1. The topological polar surface area (TPSA) is 21.3 Å². The maximum atomic E-state index is 6.17. The highest BCUT2D eigenvalue weighted by atomic mass is 16.5. The standard InChI is InChI=1S/C17H17NO/c1-11-6-7-17-13(8-11)15-10-18-9-14(15)12-4-2-3-5-16(12)19-17/h2-8,14-15,18H,9-10H2,1H3/t14-,15-/m0/s1. The molecule has 2 aromatic rings. The Kier molecular flexibility index (Phi) is 2.39. The lowest BCUT2D eigenvalue weighted by Gasteiger charge is -2.17. The molecule has 0 bridgehead atoms. The van der Waals surface area contributed by atoms with Crippen molar-refractivity contribution in [3.63, 3.8) is 0 Å². The van der Waals surface area contributed by atoms with Gasteiger partial charge in [-0.1, -0.05) is 35.9 Å². The van der Waals surface area contributed by atoms with Crippen molar-refractivity contribution in [3.05, 3.63) is 59.2 Å². The number of nitrogens with one attached hydrogen (secondary N) is 1. The normalized spacial score (nSPS) is 23.8. The zero-order valence-corrected chi connectivity index (χ0v) is 11.0. The molecule has 0 spiro atoms. The summed E-state index contributed by atoms with van der Waals surface area (Å²) in [6, 6.07) is 15.0. The lowest BCUT2D eigenvalue weighted by molar-refractivity contribution is 0.476. The molecule has 0 saturated carbocycles. The summed E-state index contributed by atoms with van der Waals surface area (Å²) in [6.45, 7) is 4.23. The molecule has 1 fully saturated rings. The molecule has 0 aromatic heterocycles. The van der Waals surface area contributed by atoms with Gasteiger partial charge in [-0.25, -0.2) is 0 Å². The van der Waals surface area contributed by atoms with Crippen LogP contribution in [0.15, 0.2) is 42.5 Å². The highest BCUT2D eigenvalue weighted by Crippen LogP contribution is 2.47. The van der Waals surface area contributed by atoms with E-state index in [9.17, 15) is 0 Å². The van der Waals surface area contributed by atoms with E-state index in [-0.39, 0.29) is 0 Å². The van der Waals surface area contributed by atoms with E-state index in [2.05, 4.69) is 54.7 Å². The fourth-order valence-electron chi connectivity index (χ4n) is 3.38. The van der Waals surface area contributed by atoms with Gasteiger partial charge in [-0.15, -0.1) is 0 Å². The highest BCUT2D eigenvalue weighted by molar-refractivity contribution is 5.51. The van der Waals surface area contributed by atoms with E-state index in [0.717, 1.165) is 24.6 Å². The summed E-state index contributed by atoms with van der Waals surface area (Å²) in [6.07, 6.45) is 0. The van der Waals surface area contributed by atoms with Crippen LogP contribution >= 0.6 is 0 Å². The molecule has 4 rings (SSSR count). The molecule has 2 atom stereocenters. The molecule has 1 saturated heterocycles. The van der Waals surface area contributed by atoms with Crippen molar-refractivity contribution in [1.82, 2.24) is 5.32 Å². The number of aryl methyl sites for hydroxylation is 1. The minimum atomic E-state index is 0.526. The van der Waals surface area contributed by atoms with Gasteiger partial charge >= 0.3 is 0 Å². The minimum Gasteiger partial charge on any atom is -0.457 e. The third-order valence-corrected chi connectivity index (χ3v) is 4.32. The minimum absolute atomic E-state index is 0.526. The molecule has 19 heavy (non-hydrogen) atoms. The first-order valence-corrected chi connectivity index (χ1v) is 6.91. The van der Waals surface area contributed by atoms with Crippen molar-refractivity contribution in [2.75, 3.05) is 13.1 Å². The molecule has 2 aliphatic rings. The van der Waals surface area contributed by atoms with Gasteiger partial charge in [0.05, 0.1) is 0 Å². The van der Waals surface area contributed by atoms with E-state index in [0.29, 0.717) is 11.8 Å². The van der Waals surface area contributed by atoms with Gasteiger partial charge in [0.2, 0.25) is 0 Å². The largest absolute Gasteiger partial charge is 0.457 e. The van der Waals surface area contributed by atoms with E-state index in [1.165, 1.54) is 16.7 Å². The van der Waals surface area contributed by atoms with Gasteiger partial charge in [-0.3, -0.25) is 0 Å². The fraction of sp³-hybridized carbons (Fsp3) is 0.294. The second kappa shape index (κ2) is 4.10. The van der Waals surface area contributed by atoms with E-state index in [1.807, 2.05) is 0 Å². The third kappa shape index (κ3) is 1.67. The Bertz CT molecular complexity index is 635. The van der Waals surface area contributed by atoms with Crippen LogP contribution in [-0.2, 0) is 0 Å². The van der Waals surface area contributed by atoms with E-state index in [1.54, 1.807) is 0 Å². The van der Waals surface area contributed by atoms with Crippen molar-refractivity contribution < 1.29 is 4.74 Å². The lowest BCUT2D eigenvalue weighted by atomic mass is 9.84. The molecule has 0 aliphatic carbocycles. The highest BCUT2D eigenvalue weighted by Gasteiger charge is 2.35. The Hall–Kier alpha value is -1.80. The van der Waals surface area contributed by atoms with Crippen LogP contribution in [0.5, 0.6) is 11.5 Å². The van der Waals surface area contributed by atoms with Crippen LogP contribution < -0.4 is 10.1 Å². The lowest BCUT2D eigenvalue weighted by Crippen LogP contribution is -2.08. The van der Waals surface area contributed by atoms with Gasteiger partial charge in [0, 0.05) is 30.5 Å². The van der Waals surface area contributed by atoms with Crippen molar-refractivity contribution in [2.45, 2.75) is 18.8 Å².